The summed E-state index contributed by atoms with van der Waals surface area (Å²) < 4.78 is 5.14. The topological polar surface area (TPSA) is 81.6 Å². The second kappa shape index (κ2) is 5.87. The van der Waals surface area contributed by atoms with Gasteiger partial charge in [0.15, 0.2) is 5.11 Å². The third-order valence-electron chi connectivity index (χ3n) is 1.47. The van der Waals surface area contributed by atoms with Crippen molar-refractivity contribution in [2.24, 2.45) is 11.5 Å². The highest BCUT2D eigenvalue weighted by atomic mass is 32.1. The number of nitrogens with zero attached hydrogens (tertiary/aromatic N) is 1. The van der Waals surface area contributed by atoms with Gasteiger partial charge in [-0.15, -0.1) is 0 Å². The Morgan fingerprint density at radius 2 is 2.00 bits per heavy atom. The highest BCUT2D eigenvalue weighted by Crippen LogP contribution is 2.10. The van der Waals surface area contributed by atoms with E-state index in [1.165, 1.54) is 4.90 Å². The minimum atomic E-state index is -0.553. The summed E-state index contributed by atoms with van der Waals surface area (Å²) in [5.41, 5.74) is 10.2. The second-order valence-electron chi connectivity index (χ2n) is 4.11. The molecule has 0 aromatic carbocycles. The summed E-state index contributed by atoms with van der Waals surface area (Å²) in [6.07, 6.45) is 0.111. The van der Waals surface area contributed by atoms with Crippen LogP contribution in [0.2, 0.25) is 0 Å². The molecule has 4 N–H and O–H groups in total. The van der Waals surface area contributed by atoms with Gasteiger partial charge in [0.05, 0.1) is 0 Å². The quantitative estimate of drug-likeness (QED) is 0.705. The number of thiocarbonyl (C=S) groups is 1. The number of rotatable bonds is 3. The number of amides is 1. The predicted molar refractivity (Wildman–Crippen MR) is 63.4 cm³/mol. The summed E-state index contributed by atoms with van der Waals surface area (Å²) in [5, 5.41) is 0.0118. The number of hydrogen-bond donors (Lipinski definition) is 2. The van der Waals surface area contributed by atoms with Crippen LogP contribution in [-0.4, -0.2) is 34.8 Å². The monoisotopic (exact) mass is 233 g/mol. The second-order valence-corrected chi connectivity index (χ2v) is 4.53. The lowest BCUT2D eigenvalue weighted by Gasteiger charge is -2.26. The molecule has 0 aliphatic carbocycles. The predicted octanol–water partition coefficient (Wildman–Crippen LogP) is 0.816. The van der Waals surface area contributed by atoms with E-state index in [2.05, 4.69) is 0 Å². The van der Waals surface area contributed by atoms with Crippen LogP contribution in [0.5, 0.6) is 0 Å². The van der Waals surface area contributed by atoms with Gasteiger partial charge in [-0.25, -0.2) is 4.79 Å². The van der Waals surface area contributed by atoms with E-state index in [4.69, 9.17) is 28.4 Å². The fourth-order valence-corrected chi connectivity index (χ4v) is 1.02. The van der Waals surface area contributed by atoms with Crippen molar-refractivity contribution in [2.45, 2.75) is 32.8 Å². The van der Waals surface area contributed by atoms with Crippen LogP contribution in [0.3, 0.4) is 0 Å². The Morgan fingerprint density at radius 1 is 1.47 bits per heavy atom. The van der Waals surface area contributed by atoms with E-state index < -0.39 is 11.7 Å². The Labute approximate surface area is 95.7 Å². The SMILES string of the molecule is CC(C)(C)OC(=O)N(CCCN)C(N)=S. The minimum Gasteiger partial charge on any atom is -0.443 e. The van der Waals surface area contributed by atoms with Crippen molar-refractivity contribution >= 4 is 23.4 Å². The molecule has 0 atom stereocenters. The number of ether oxygens (including phenoxy) is 1. The summed E-state index contributed by atoms with van der Waals surface area (Å²) in [6.45, 7) is 6.21. The maximum Gasteiger partial charge on any atom is 0.416 e. The van der Waals surface area contributed by atoms with Crippen LogP contribution in [0.15, 0.2) is 0 Å². The van der Waals surface area contributed by atoms with Gasteiger partial charge in [0.2, 0.25) is 0 Å². The summed E-state index contributed by atoms with van der Waals surface area (Å²) in [6, 6.07) is 0. The summed E-state index contributed by atoms with van der Waals surface area (Å²) in [4.78, 5) is 12.8. The number of carbonyl (C=O) groups is 1. The van der Waals surface area contributed by atoms with Crippen LogP contribution in [0.25, 0.3) is 0 Å². The molecule has 6 heteroatoms. The van der Waals surface area contributed by atoms with Gasteiger partial charge >= 0.3 is 6.09 Å². The molecular formula is C9H19N3O2S. The van der Waals surface area contributed by atoms with Crippen molar-refractivity contribution in [1.29, 1.82) is 0 Å². The zero-order chi connectivity index (χ0) is 12.1. The van der Waals surface area contributed by atoms with Crippen molar-refractivity contribution in [3.05, 3.63) is 0 Å². The van der Waals surface area contributed by atoms with Crippen LogP contribution in [-0.2, 0) is 4.74 Å². The van der Waals surface area contributed by atoms with E-state index in [9.17, 15) is 4.79 Å². The number of nitrogens with two attached hydrogens (primary N) is 2. The molecule has 0 aromatic heterocycles. The van der Waals surface area contributed by atoms with Crippen molar-refractivity contribution in [1.82, 2.24) is 4.90 Å². The van der Waals surface area contributed by atoms with Crippen LogP contribution < -0.4 is 11.5 Å². The normalized spacial score (nSPS) is 10.9. The zero-order valence-electron chi connectivity index (χ0n) is 9.45. The van der Waals surface area contributed by atoms with Gasteiger partial charge in [-0.1, -0.05) is 0 Å². The third-order valence-corrected chi connectivity index (χ3v) is 1.69. The van der Waals surface area contributed by atoms with Crippen LogP contribution in [0.4, 0.5) is 4.79 Å². The molecule has 0 radical (unpaired) electrons. The average Bonchev–Trinajstić information content (AvgIpc) is 2.00. The first-order valence-corrected chi connectivity index (χ1v) is 5.19. The summed E-state index contributed by atoms with van der Waals surface area (Å²) >= 11 is 4.76. The van der Waals surface area contributed by atoms with E-state index in [1.807, 2.05) is 0 Å². The lowest BCUT2D eigenvalue weighted by molar-refractivity contribution is 0.0371. The highest BCUT2D eigenvalue weighted by Gasteiger charge is 2.23. The fraction of sp³-hybridized carbons (Fsp3) is 0.778. The molecule has 5 nitrogen and oxygen atoms in total. The molecule has 15 heavy (non-hydrogen) atoms. The smallest absolute Gasteiger partial charge is 0.416 e. The molecule has 0 spiro atoms. The molecule has 1 amide bonds. The molecule has 0 saturated carbocycles. The molecule has 0 fully saturated rings. The fourth-order valence-electron chi connectivity index (χ4n) is 0.858. The first-order chi connectivity index (χ1) is 6.78. The van der Waals surface area contributed by atoms with Crippen molar-refractivity contribution < 1.29 is 9.53 Å². The van der Waals surface area contributed by atoms with E-state index in [-0.39, 0.29) is 5.11 Å². The van der Waals surface area contributed by atoms with Gasteiger partial charge in [-0.05, 0) is 46.0 Å². The van der Waals surface area contributed by atoms with Gasteiger partial charge in [-0.3, -0.25) is 4.90 Å². The van der Waals surface area contributed by atoms with Gasteiger partial charge in [-0.2, -0.15) is 0 Å². The van der Waals surface area contributed by atoms with E-state index in [1.54, 1.807) is 20.8 Å². The molecule has 0 rings (SSSR count). The van der Waals surface area contributed by atoms with Crippen LogP contribution in [0.1, 0.15) is 27.2 Å². The molecule has 0 bridgehead atoms. The largest absolute Gasteiger partial charge is 0.443 e. The van der Waals surface area contributed by atoms with Crippen LogP contribution >= 0.6 is 12.2 Å². The van der Waals surface area contributed by atoms with Crippen molar-refractivity contribution in [2.75, 3.05) is 13.1 Å². The molecule has 0 unspecified atom stereocenters. The molecular weight excluding hydrogens is 214 g/mol. The standard InChI is InChI=1S/C9H19N3O2S/c1-9(2,3)14-8(13)12(7(11)15)6-4-5-10/h4-6,10H2,1-3H3,(H2,11,15). The van der Waals surface area contributed by atoms with E-state index in [0.717, 1.165) is 0 Å². The van der Waals surface area contributed by atoms with Gasteiger partial charge in [0.1, 0.15) is 5.60 Å². The van der Waals surface area contributed by atoms with Crippen molar-refractivity contribution in [3.63, 3.8) is 0 Å². The maximum atomic E-state index is 11.6. The molecule has 88 valence electrons. The lowest BCUT2D eigenvalue weighted by Crippen LogP contribution is -2.44. The molecule has 0 heterocycles. The first-order valence-electron chi connectivity index (χ1n) is 4.78. The van der Waals surface area contributed by atoms with E-state index in [0.29, 0.717) is 19.5 Å². The minimum absolute atomic E-state index is 0.0118. The highest BCUT2D eigenvalue weighted by molar-refractivity contribution is 7.80. The Hall–Kier alpha value is -0.880. The van der Waals surface area contributed by atoms with Gasteiger partial charge in [0, 0.05) is 6.54 Å². The summed E-state index contributed by atoms with van der Waals surface area (Å²) in [7, 11) is 0. The third kappa shape index (κ3) is 6.24. The van der Waals surface area contributed by atoms with E-state index >= 15 is 0 Å². The van der Waals surface area contributed by atoms with Crippen LogP contribution in [0, 0.1) is 0 Å². The Balaban J connectivity index is 4.36. The Kier molecular flexibility index (Phi) is 5.53. The Morgan fingerprint density at radius 3 is 2.33 bits per heavy atom. The molecule has 0 aromatic rings. The lowest BCUT2D eigenvalue weighted by atomic mass is 10.2. The first kappa shape index (κ1) is 14.1. The number of carbonyl (C=O) groups excluding carboxylic acids is 1. The molecule has 0 aliphatic rings. The zero-order valence-corrected chi connectivity index (χ0v) is 10.3. The van der Waals surface area contributed by atoms with Gasteiger partial charge in [0.25, 0.3) is 0 Å². The molecule has 0 saturated heterocycles. The molecule has 0 aliphatic heterocycles. The average molecular weight is 233 g/mol. The number of hydrogen-bond acceptors (Lipinski definition) is 4. The summed E-state index contributed by atoms with van der Waals surface area (Å²) in [5.74, 6) is 0. The van der Waals surface area contributed by atoms with Gasteiger partial charge < -0.3 is 16.2 Å². The van der Waals surface area contributed by atoms with Crippen molar-refractivity contribution in [3.8, 4) is 0 Å². The Bertz CT molecular complexity index is 238. The maximum absolute atomic E-state index is 11.6.